The first kappa shape index (κ1) is 19.2. The smallest absolute Gasteiger partial charge is 0.256 e. The van der Waals surface area contributed by atoms with Gasteiger partial charge in [-0.2, -0.15) is 0 Å². The van der Waals surface area contributed by atoms with E-state index in [-0.39, 0.29) is 5.91 Å². The second-order valence-electron chi connectivity index (χ2n) is 7.72. The first-order valence-electron chi connectivity index (χ1n) is 10.6. The number of para-hydroxylation sites is 1. The summed E-state index contributed by atoms with van der Waals surface area (Å²) >= 11 is 0. The predicted molar refractivity (Wildman–Crippen MR) is 123 cm³/mol. The second kappa shape index (κ2) is 8.52. The van der Waals surface area contributed by atoms with Gasteiger partial charge in [0.1, 0.15) is 5.82 Å². The molecule has 6 nitrogen and oxygen atoms in total. The molecular formula is C25H23N5O. The van der Waals surface area contributed by atoms with Crippen molar-refractivity contribution in [1.82, 2.24) is 15.0 Å². The van der Waals surface area contributed by atoms with Crippen molar-refractivity contribution in [3.8, 4) is 11.3 Å². The molecule has 0 saturated carbocycles. The number of hydrogen-bond acceptors (Lipinski definition) is 5. The summed E-state index contributed by atoms with van der Waals surface area (Å²) in [4.78, 5) is 29.0. The molecule has 1 amide bonds. The number of nitrogens with zero attached hydrogens (tertiary/aromatic N) is 4. The molecule has 1 aliphatic heterocycles. The van der Waals surface area contributed by atoms with Crippen molar-refractivity contribution in [3.63, 3.8) is 0 Å². The summed E-state index contributed by atoms with van der Waals surface area (Å²) in [6, 6.07) is 17.2. The Balaban J connectivity index is 1.44. The molecule has 1 N–H and O–H groups in total. The highest BCUT2D eigenvalue weighted by Crippen LogP contribution is 2.25. The standard InChI is InChI=1S/C25H23N5O/c31-25(28-19-10-11-24(27-17-19)30-13-4-1-5-14-30)21-15-23(18-7-6-12-26-16-18)29-22-9-3-2-8-20(21)22/h2-3,6-12,15-17H,1,4-5,13-14H2,(H,28,31). The molecule has 0 unspecified atom stereocenters. The van der Waals surface area contributed by atoms with E-state index in [0.717, 1.165) is 41.1 Å². The fraction of sp³-hybridized carbons (Fsp3) is 0.200. The molecule has 5 rings (SSSR count). The molecule has 0 aliphatic carbocycles. The summed E-state index contributed by atoms with van der Waals surface area (Å²) in [7, 11) is 0. The van der Waals surface area contributed by atoms with Crippen molar-refractivity contribution >= 4 is 28.3 Å². The SMILES string of the molecule is O=C(Nc1ccc(N2CCCCC2)nc1)c1cc(-c2cccnc2)nc2ccccc12. The van der Waals surface area contributed by atoms with E-state index in [1.54, 1.807) is 18.6 Å². The normalized spacial score (nSPS) is 13.9. The molecule has 4 aromatic rings. The van der Waals surface area contributed by atoms with Gasteiger partial charge in [0.25, 0.3) is 5.91 Å². The third-order valence-corrected chi connectivity index (χ3v) is 5.60. The van der Waals surface area contributed by atoms with Crippen molar-refractivity contribution in [2.24, 2.45) is 0 Å². The van der Waals surface area contributed by atoms with Gasteiger partial charge in [-0.25, -0.2) is 9.97 Å². The minimum atomic E-state index is -0.184. The van der Waals surface area contributed by atoms with Gasteiger partial charge in [-0.3, -0.25) is 9.78 Å². The minimum absolute atomic E-state index is 0.184. The van der Waals surface area contributed by atoms with Crippen LogP contribution < -0.4 is 10.2 Å². The summed E-state index contributed by atoms with van der Waals surface area (Å²) in [5.41, 5.74) is 3.61. The Labute approximate surface area is 181 Å². The molecule has 1 fully saturated rings. The molecule has 1 saturated heterocycles. The van der Waals surface area contributed by atoms with Gasteiger partial charge < -0.3 is 10.2 Å². The number of anilines is 2. The Bertz CT molecular complexity index is 1200. The first-order valence-corrected chi connectivity index (χ1v) is 10.6. The summed E-state index contributed by atoms with van der Waals surface area (Å²) in [6.45, 7) is 2.08. The van der Waals surface area contributed by atoms with Gasteiger partial charge in [0.2, 0.25) is 0 Å². The van der Waals surface area contributed by atoms with E-state index in [1.807, 2.05) is 54.6 Å². The fourth-order valence-corrected chi connectivity index (χ4v) is 3.99. The Kier molecular flexibility index (Phi) is 5.27. The quantitative estimate of drug-likeness (QED) is 0.517. The Hall–Kier alpha value is -3.80. The number of amides is 1. The largest absolute Gasteiger partial charge is 0.357 e. The molecule has 0 bridgehead atoms. The molecule has 1 aromatic carbocycles. The van der Waals surface area contributed by atoms with Gasteiger partial charge >= 0.3 is 0 Å². The third kappa shape index (κ3) is 4.10. The van der Waals surface area contributed by atoms with E-state index >= 15 is 0 Å². The highest BCUT2D eigenvalue weighted by atomic mass is 16.1. The summed E-state index contributed by atoms with van der Waals surface area (Å²) in [5.74, 6) is 0.780. The van der Waals surface area contributed by atoms with Crippen LogP contribution in [0, 0.1) is 0 Å². The predicted octanol–water partition coefficient (Wildman–Crippen LogP) is 4.93. The highest BCUT2D eigenvalue weighted by molar-refractivity contribution is 6.13. The van der Waals surface area contributed by atoms with Crippen molar-refractivity contribution in [1.29, 1.82) is 0 Å². The summed E-state index contributed by atoms with van der Waals surface area (Å²) < 4.78 is 0. The monoisotopic (exact) mass is 409 g/mol. The van der Waals surface area contributed by atoms with Gasteiger partial charge in [0.15, 0.2) is 0 Å². The summed E-state index contributed by atoms with van der Waals surface area (Å²) in [5, 5.41) is 3.81. The van der Waals surface area contributed by atoms with E-state index in [0.29, 0.717) is 11.3 Å². The molecule has 0 spiro atoms. The number of pyridine rings is 3. The van der Waals surface area contributed by atoms with Gasteiger partial charge in [-0.1, -0.05) is 18.2 Å². The highest BCUT2D eigenvalue weighted by Gasteiger charge is 2.16. The second-order valence-corrected chi connectivity index (χ2v) is 7.72. The average molecular weight is 409 g/mol. The number of rotatable bonds is 4. The van der Waals surface area contributed by atoms with Crippen LogP contribution in [0.4, 0.5) is 11.5 Å². The molecule has 0 radical (unpaired) electrons. The number of nitrogens with one attached hydrogen (secondary N) is 1. The van der Waals surface area contributed by atoms with Crippen molar-refractivity contribution < 1.29 is 4.79 Å². The van der Waals surface area contributed by atoms with Crippen LogP contribution in [0.3, 0.4) is 0 Å². The van der Waals surface area contributed by atoms with Crippen LogP contribution >= 0.6 is 0 Å². The molecular weight excluding hydrogens is 386 g/mol. The average Bonchev–Trinajstić information content (AvgIpc) is 2.85. The topological polar surface area (TPSA) is 71.0 Å². The van der Waals surface area contributed by atoms with Crippen LogP contribution in [0.5, 0.6) is 0 Å². The van der Waals surface area contributed by atoms with Crippen LogP contribution in [0.2, 0.25) is 0 Å². The van der Waals surface area contributed by atoms with Crippen molar-refractivity contribution in [2.45, 2.75) is 19.3 Å². The van der Waals surface area contributed by atoms with Crippen molar-refractivity contribution in [3.05, 3.63) is 78.8 Å². The van der Waals surface area contributed by atoms with Gasteiger partial charge in [-0.05, 0) is 55.7 Å². The molecule has 154 valence electrons. The molecule has 31 heavy (non-hydrogen) atoms. The Morgan fingerprint density at radius 2 is 1.81 bits per heavy atom. The maximum absolute atomic E-state index is 13.2. The van der Waals surface area contributed by atoms with E-state index < -0.39 is 0 Å². The maximum Gasteiger partial charge on any atom is 0.256 e. The van der Waals surface area contributed by atoms with Crippen LogP contribution in [-0.4, -0.2) is 33.9 Å². The number of carbonyl (C=O) groups is 1. The van der Waals surface area contributed by atoms with E-state index in [2.05, 4.69) is 20.2 Å². The number of benzene rings is 1. The fourth-order valence-electron chi connectivity index (χ4n) is 3.99. The van der Waals surface area contributed by atoms with E-state index in [1.165, 1.54) is 19.3 Å². The number of fused-ring (bicyclic) bond motifs is 1. The maximum atomic E-state index is 13.2. The summed E-state index contributed by atoms with van der Waals surface area (Å²) in [6.07, 6.45) is 8.89. The van der Waals surface area contributed by atoms with Crippen molar-refractivity contribution in [2.75, 3.05) is 23.3 Å². The molecule has 0 atom stereocenters. The third-order valence-electron chi connectivity index (χ3n) is 5.60. The lowest BCUT2D eigenvalue weighted by Gasteiger charge is -2.27. The lowest BCUT2D eigenvalue weighted by atomic mass is 10.0. The number of piperidine rings is 1. The van der Waals surface area contributed by atoms with Gasteiger partial charge in [0, 0.05) is 36.4 Å². The molecule has 3 aromatic heterocycles. The zero-order valence-electron chi connectivity index (χ0n) is 17.2. The lowest BCUT2D eigenvalue weighted by molar-refractivity contribution is 0.102. The van der Waals surface area contributed by atoms with Crippen LogP contribution in [0.1, 0.15) is 29.6 Å². The van der Waals surface area contributed by atoms with Crippen LogP contribution in [0.25, 0.3) is 22.2 Å². The zero-order valence-corrected chi connectivity index (χ0v) is 17.2. The van der Waals surface area contributed by atoms with Gasteiger partial charge in [-0.15, -0.1) is 0 Å². The lowest BCUT2D eigenvalue weighted by Crippen LogP contribution is -2.30. The van der Waals surface area contributed by atoms with Crippen LogP contribution in [0.15, 0.2) is 73.2 Å². The first-order chi connectivity index (χ1) is 15.3. The van der Waals surface area contributed by atoms with Gasteiger partial charge in [0.05, 0.1) is 28.7 Å². The van der Waals surface area contributed by atoms with Crippen LogP contribution in [-0.2, 0) is 0 Å². The molecule has 6 heteroatoms. The Morgan fingerprint density at radius 1 is 0.935 bits per heavy atom. The molecule has 4 heterocycles. The number of hydrogen-bond donors (Lipinski definition) is 1. The van der Waals surface area contributed by atoms with E-state index in [4.69, 9.17) is 4.98 Å². The molecule has 1 aliphatic rings. The number of aromatic nitrogens is 3. The minimum Gasteiger partial charge on any atom is -0.357 e. The number of carbonyl (C=O) groups excluding carboxylic acids is 1. The Morgan fingerprint density at radius 3 is 2.58 bits per heavy atom. The van der Waals surface area contributed by atoms with E-state index in [9.17, 15) is 4.79 Å². The zero-order chi connectivity index (χ0) is 21.0.